The molecule has 7 heteroatoms. The molecule has 0 amide bonds. The number of hydrogen-bond acceptors (Lipinski definition) is 3. The molecule has 0 unspecified atom stereocenters. The highest BCUT2D eigenvalue weighted by Gasteiger charge is 2.32. The lowest BCUT2D eigenvalue weighted by Gasteiger charge is -2.21. The number of fused-ring (bicyclic) bond motifs is 1. The van der Waals surface area contributed by atoms with E-state index in [2.05, 4.69) is 10.1 Å². The van der Waals surface area contributed by atoms with Crippen LogP contribution < -0.4 is 0 Å². The second-order valence-electron chi connectivity index (χ2n) is 7.20. The van der Waals surface area contributed by atoms with Crippen molar-refractivity contribution in [2.45, 2.75) is 51.2 Å². The normalized spacial score (nSPS) is 16.1. The van der Waals surface area contributed by atoms with E-state index < -0.39 is 17.5 Å². The minimum atomic E-state index is -4.50. The fourth-order valence-corrected chi connectivity index (χ4v) is 3.86. The lowest BCUT2D eigenvalue weighted by atomic mass is 9.96. The van der Waals surface area contributed by atoms with E-state index in [9.17, 15) is 18.3 Å². The molecule has 0 aliphatic heterocycles. The standard InChI is InChI=1S/C20H20F3N3O/c1-12-9-14(20(21,22)23)10-17(27)18(12)16-8-7-13-11-26(25-19(13)24-16)15-5-3-2-4-6-15/h7-11,15,27H,2-6H2,1H3. The zero-order chi connectivity index (χ0) is 19.2. The Bertz CT molecular complexity index is 965. The van der Waals surface area contributed by atoms with E-state index in [-0.39, 0.29) is 0 Å². The second-order valence-corrected chi connectivity index (χ2v) is 7.20. The van der Waals surface area contributed by atoms with Crippen molar-refractivity contribution in [1.82, 2.24) is 14.8 Å². The van der Waals surface area contributed by atoms with E-state index in [1.807, 2.05) is 16.9 Å². The van der Waals surface area contributed by atoms with Crippen molar-refractivity contribution in [3.63, 3.8) is 0 Å². The van der Waals surface area contributed by atoms with Gasteiger partial charge in [-0.15, -0.1) is 0 Å². The number of aromatic nitrogens is 3. The lowest BCUT2D eigenvalue weighted by molar-refractivity contribution is -0.137. The van der Waals surface area contributed by atoms with Crippen molar-refractivity contribution >= 4 is 11.0 Å². The van der Waals surface area contributed by atoms with E-state index >= 15 is 0 Å². The first-order valence-electron chi connectivity index (χ1n) is 9.10. The molecule has 2 heterocycles. The maximum atomic E-state index is 12.9. The van der Waals surface area contributed by atoms with Crippen molar-refractivity contribution < 1.29 is 18.3 Å². The molecule has 0 saturated heterocycles. The zero-order valence-corrected chi connectivity index (χ0v) is 14.9. The van der Waals surface area contributed by atoms with Gasteiger partial charge in [-0.2, -0.15) is 18.3 Å². The number of alkyl halides is 3. The molecule has 27 heavy (non-hydrogen) atoms. The van der Waals surface area contributed by atoms with Gasteiger partial charge in [-0.25, -0.2) is 4.98 Å². The first-order chi connectivity index (χ1) is 12.8. The summed E-state index contributed by atoms with van der Waals surface area (Å²) < 4.78 is 40.7. The van der Waals surface area contributed by atoms with Crippen LogP contribution in [0.3, 0.4) is 0 Å². The average Bonchev–Trinajstić information content (AvgIpc) is 3.04. The smallest absolute Gasteiger partial charge is 0.416 e. The summed E-state index contributed by atoms with van der Waals surface area (Å²) in [5.74, 6) is -0.430. The molecule has 1 saturated carbocycles. The molecule has 2 aromatic heterocycles. The van der Waals surface area contributed by atoms with E-state index in [0.29, 0.717) is 28.5 Å². The summed E-state index contributed by atoms with van der Waals surface area (Å²) in [6, 6.07) is 5.71. The van der Waals surface area contributed by atoms with Gasteiger partial charge in [0.15, 0.2) is 5.65 Å². The van der Waals surface area contributed by atoms with Crippen LogP contribution in [0, 0.1) is 6.92 Å². The quantitative estimate of drug-likeness (QED) is 0.631. The van der Waals surface area contributed by atoms with Gasteiger partial charge in [0.1, 0.15) is 5.75 Å². The van der Waals surface area contributed by atoms with Crippen LogP contribution in [0.1, 0.15) is 49.3 Å². The Morgan fingerprint density at radius 2 is 1.85 bits per heavy atom. The number of aromatic hydroxyl groups is 1. The second kappa shape index (κ2) is 6.55. The number of phenols is 1. The summed E-state index contributed by atoms with van der Waals surface area (Å²) in [5.41, 5.74) is 0.707. The maximum Gasteiger partial charge on any atom is 0.416 e. The number of hydrogen-bond donors (Lipinski definition) is 1. The van der Waals surface area contributed by atoms with Crippen molar-refractivity contribution in [3.05, 3.63) is 41.6 Å². The number of phenolic OH excluding ortho intramolecular Hbond substituents is 1. The Hall–Kier alpha value is -2.57. The van der Waals surface area contributed by atoms with Crippen LogP contribution in [0.5, 0.6) is 5.75 Å². The molecule has 0 radical (unpaired) electrons. The Balaban J connectivity index is 1.74. The predicted molar refractivity (Wildman–Crippen MR) is 96.5 cm³/mol. The van der Waals surface area contributed by atoms with Crippen LogP contribution in [-0.2, 0) is 6.18 Å². The Morgan fingerprint density at radius 1 is 1.11 bits per heavy atom. The van der Waals surface area contributed by atoms with Crippen LogP contribution in [0.15, 0.2) is 30.5 Å². The van der Waals surface area contributed by atoms with E-state index in [1.165, 1.54) is 26.2 Å². The minimum Gasteiger partial charge on any atom is -0.507 e. The summed E-state index contributed by atoms with van der Waals surface area (Å²) in [6.45, 7) is 1.54. The highest BCUT2D eigenvalue weighted by atomic mass is 19.4. The molecule has 1 aromatic carbocycles. The SMILES string of the molecule is Cc1cc(C(F)(F)F)cc(O)c1-c1ccc2cn(C3CCCCC3)nc2n1. The van der Waals surface area contributed by atoms with Gasteiger partial charge in [-0.3, -0.25) is 4.68 Å². The summed E-state index contributed by atoms with van der Waals surface area (Å²) >= 11 is 0. The molecule has 4 rings (SSSR count). The third-order valence-corrected chi connectivity index (χ3v) is 5.23. The van der Waals surface area contributed by atoms with Crippen molar-refractivity contribution in [3.8, 4) is 17.0 Å². The van der Waals surface area contributed by atoms with Gasteiger partial charge in [0.2, 0.25) is 0 Å². The highest BCUT2D eigenvalue weighted by Crippen LogP contribution is 2.39. The lowest BCUT2D eigenvalue weighted by Crippen LogP contribution is -2.13. The van der Waals surface area contributed by atoms with Gasteiger partial charge in [-0.05, 0) is 49.6 Å². The molecule has 4 nitrogen and oxygen atoms in total. The van der Waals surface area contributed by atoms with Gasteiger partial charge < -0.3 is 5.11 Å². The number of pyridine rings is 1. The maximum absolute atomic E-state index is 12.9. The summed E-state index contributed by atoms with van der Waals surface area (Å²) in [7, 11) is 0. The molecular weight excluding hydrogens is 355 g/mol. The van der Waals surface area contributed by atoms with Crippen LogP contribution in [0.25, 0.3) is 22.3 Å². The topological polar surface area (TPSA) is 50.9 Å². The van der Waals surface area contributed by atoms with Gasteiger partial charge in [0.05, 0.1) is 17.3 Å². The van der Waals surface area contributed by atoms with Crippen LogP contribution in [0.4, 0.5) is 13.2 Å². The molecule has 0 bridgehead atoms. The summed E-state index contributed by atoms with van der Waals surface area (Å²) in [5, 5.41) is 15.7. The van der Waals surface area contributed by atoms with Crippen molar-refractivity contribution in [2.75, 3.05) is 0 Å². The Labute approximate surface area is 154 Å². The molecule has 3 aromatic rings. The average molecular weight is 375 g/mol. The zero-order valence-electron chi connectivity index (χ0n) is 14.9. The van der Waals surface area contributed by atoms with Gasteiger partial charge >= 0.3 is 6.18 Å². The van der Waals surface area contributed by atoms with Crippen LogP contribution in [-0.4, -0.2) is 19.9 Å². The van der Waals surface area contributed by atoms with Gasteiger partial charge in [-0.1, -0.05) is 19.3 Å². The molecule has 1 aliphatic rings. The monoisotopic (exact) mass is 375 g/mol. The molecule has 1 N–H and O–H groups in total. The van der Waals surface area contributed by atoms with Crippen LogP contribution >= 0.6 is 0 Å². The number of aryl methyl sites for hydroxylation is 1. The van der Waals surface area contributed by atoms with E-state index in [4.69, 9.17) is 0 Å². The van der Waals surface area contributed by atoms with Gasteiger partial charge in [0, 0.05) is 17.1 Å². The highest BCUT2D eigenvalue weighted by molar-refractivity contribution is 5.80. The first kappa shape index (κ1) is 17.8. The molecular formula is C20H20F3N3O. The molecule has 142 valence electrons. The van der Waals surface area contributed by atoms with Crippen molar-refractivity contribution in [2.24, 2.45) is 0 Å². The number of nitrogens with zero attached hydrogens (tertiary/aromatic N) is 3. The van der Waals surface area contributed by atoms with E-state index in [1.54, 1.807) is 6.07 Å². The van der Waals surface area contributed by atoms with Gasteiger partial charge in [0.25, 0.3) is 0 Å². The Morgan fingerprint density at radius 3 is 2.52 bits per heavy atom. The first-order valence-corrected chi connectivity index (χ1v) is 9.10. The minimum absolute atomic E-state index is 0.303. The predicted octanol–water partition coefficient (Wildman–Crippen LogP) is 5.64. The fraction of sp³-hybridized carbons (Fsp3) is 0.400. The number of rotatable bonds is 2. The molecule has 0 spiro atoms. The van der Waals surface area contributed by atoms with Crippen molar-refractivity contribution in [1.29, 1.82) is 0 Å². The Kier molecular flexibility index (Phi) is 4.32. The molecule has 0 atom stereocenters. The fourth-order valence-electron chi connectivity index (χ4n) is 3.86. The summed E-state index contributed by atoms with van der Waals surface area (Å²) in [4.78, 5) is 4.50. The summed E-state index contributed by atoms with van der Waals surface area (Å²) in [6.07, 6.45) is 3.31. The number of benzene rings is 1. The molecule has 1 aliphatic carbocycles. The third-order valence-electron chi connectivity index (χ3n) is 5.23. The largest absolute Gasteiger partial charge is 0.507 e. The van der Waals surface area contributed by atoms with E-state index in [0.717, 1.165) is 30.4 Å². The molecule has 1 fully saturated rings. The number of halogens is 3. The van der Waals surface area contributed by atoms with Crippen LogP contribution in [0.2, 0.25) is 0 Å². The third kappa shape index (κ3) is 3.38.